The molecule has 2 aliphatic rings. The van der Waals surface area contributed by atoms with Crippen molar-refractivity contribution in [2.45, 2.75) is 25.4 Å². The van der Waals surface area contributed by atoms with Crippen LogP contribution < -0.4 is 0 Å². The zero-order chi connectivity index (χ0) is 15.8. The Balaban J connectivity index is 1.52. The summed E-state index contributed by atoms with van der Waals surface area (Å²) in [5, 5.41) is 7.51. The van der Waals surface area contributed by atoms with Crippen LogP contribution in [0.5, 0.6) is 0 Å². The monoisotopic (exact) mass is 316 g/mol. The molecule has 6 nitrogen and oxygen atoms in total. The zero-order valence-electron chi connectivity index (χ0n) is 12.6. The largest absolute Gasteiger partial charge is 0.376 e. The molecule has 7 heteroatoms. The van der Waals surface area contributed by atoms with E-state index in [2.05, 4.69) is 15.2 Å². The summed E-state index contributed by atoms with van der Waals surface area (Å²) >= 11 is 0. The van der Waals surface area contributed by atoms with Crippen LogP contribution in [-0.2, 0) is 17.8 Å². The van der Waals surface area contributed by atoms with Crippen LogP contribution in [0.2, 0.25) is 0 Å². The van der Waals surface area contributed by atoms with E-state index in [0.717, 1.165) is 29.8 Å². The van der Waals surface area contributed by atoms with Crippen molar-refractivity contribution in [2.24, 2.45) is 0 Å². The van der Waals surface area contributed by atoms with Gasteiger partial charge in [-0.3, -0.25) is 9.89 Å². The van der Waals surface area contributed by atoms with Crippen molar-refractivity contribution >= 4 is 5.91 Å². The highest BCUT2D eigenvalue weighted by Crippen LogP contribution is 2.32. The van der Waals surface area contributed by atoms with Gasteiger partial charge in [0.1, 0.15) is 0 Å². The fraction of sp³-hybridized carbons (Fsp3) is 0.438. The maximum atomic E-state index is 13.7. The van der Waals surface area contributed by atoms with E-state index in [9.17, 15) is 9.18 Å². The molecular formula is C16H17FN4O2. The summed E-state index contributed by atoms with van der Waals surface area (Å²) in [4.78, 5) is 18.0. The summed E-state index contributed by atoms with van der Waals surface area (Å²) in [6.45, 7) is 2.40. The van der Waals surface area contributed by atoms with E-state index in [4.69, 9.17) is 4.74 Å². The molecule has 0 aliphatic carbocycles. The van der Waals surface area contributed by atoms with Crippen LogP contribution in [0.15, 0.2) is 18.3 Å². The molecule has 1 amide bonds. The lowest BCUT2D eigenvalue weighted by atomic mass is 9.98. The number of amides is 1. The molecular weight excluding hydrogens is 299 g/mol. The number of rotatable bonds is 2. The van der Waals surface area contributed by atoms with E-state index in [1.807, 2.05) is 0 Å². The van der Waals surface area contributed by atoms with Crippen molar-refractivity contribution in [3.8, 4) is 0 Å². The number of hydrogen-bond acceptors (Lipinski definition) is 4. The van der Waals surface area contributed by atoms with Crippen molar-refractivity contribution in [1.29, 1.82) is 0 Å². The lowest BCUT2D eigenvalue weighted by Crippen LogP contribution is -2.30. The number of ether oxygens (including phenoxy) is 1. The van der Waals surface area contributed by atoms with Gasteiger partial charge in [-0.05, 0) is 18.6 Å². The number of halogens is 1. The number of aromatic amines is 1. The summed E-state index contributed by atoms with van der Waals surface area (Å²) in [5.41, 5.74) is 3.13. The third-order valence-corrected chi connectivity index (χ3v) is 4.55. The molecule has 1 fully saturated rings. The molecule has 120 valence electrons. The van der Waals surface area contributed by atoms with Gasteiger partial charge in [0.15, 0.2) is 11.5 Å². The minimum absolute atomic E-state index is 0.111. The number of nitrogens with zero attached hydrogens (tertiary/aromatic N) is 3. The quantitative estimate of drug-likeness (QED) is 0.914. The van der Waals surface area contributed by atoms with Crippen LogP contribution in [0.25, 0.3) is 0 Å². The Morgan fingerprint density at radius 3 is 3.26 bits per heavy atom. The normalized spacial score (nSPS) is 20.6. The summed E-state index contributed by atoms with van der Waals surface area (Å²) in [6, 6.07) is 2.74. The second kappa shape index (κ2) is 5.73. The number of fused-ring (bicyclic) bond motifs is 1. The van der Waals surface area contributed by atoms with Crippen LogP contribution >= 0.6 is 0 Å². The second-order valence-electron chi connectivity index (χ2n) is 5.94. The summed E-state index contributed by atoms with van der Waals surface area (Å²) in [6.07, 6.45) is 3.10. The molecule has 4 rings (SSSR count). The SMILES string of the molecule is O=C(c1ncccc1F)N1CCC(c2n[nH]c3c2COCC3)C1. The number of aromatic nitrogens is 3. The average molecular weight is 316 g/mol. The molecule has 1 atom stereocenters. The van der Waals surface area contributed by atoms with Crippen LogP contribution in [0.1, 0.15) is 39.8 Å². The highest BCUT2D eigenvalue weighted by atomic mass is 19.1. The second-order valence-corrected chi connectivity index (χ2v) is 5.94. The van der Waals surface area contributed by atoms with Crippen LogP contribution in [0.3, 0.4) is 0 Å². The van der Waals surface area contributed by atoms with E-state index in [1.54, 1.807) is 4.90 Å². The Labute approximate surface area is 132 Å². The molecule has 23 heavy (non-hydrogen) atoms. The van der Waals surface area contributed by atoms with Crippen LogP contribution in [0.4, 0.5) is 4.39 Å². The fourth-order valence-corrected chi connectivity index (χ4v) is 3.33. The molecule has 0 spiro atoms. The minimum Gasteiger partial charge on any atom is -0.376 e. The maximum Gasteiger partial charge on any atom is 0.275 e. The number of hydrogen-bond donors (Lipinski definition) is 1. The average Bonchev–Trinajstić information content (AvgIpc) is 3.21. The summed E-state index contributed by atoms with van der Waals surface area (Å²) in [7, 11) is 0. The van der Waals surface area contributed by atoms with E-state index in [1.165, 1.54) is 18.3 Å². The number of carbonyl (C=O) groups excluding carboxylic acids is 1. The maximum absolute atomic E-state index is 13.7. The topological polar surface area (TPSA) is 71.1 Å². The molecule has 2 aliphatic heterocycles. The number of likely N-dealkylation sites (tertiary alicyclic amines) is 1. The van der Waals surface area contributed by atoms with Crippen molar-refractivity contribution in [1.82, 2.24) is 20.1 Å². The van der Waals surface area contributed by atoms with Gasteiger partial charge in [-0.2, -0.15) is 5.10 Å². The predicted octanol–water partition coefficient (Wildman–Crippen LogP) is 1.65. The Kier molecular flexibility index (Phi) is 3.57. The van der Waals surface area contributed by atoms with E-state index < -0.39 is 5.82 Å². The number of H-pyrrole nitrogens is 1. The first-order chi connectivity index (χ1) is 11.2. The molecule has 0 bridgehead atoms. The lowest BCUT2D eigenvalue weighted by Gasteiger charge is -2.17. The van der Waals surface area contributed by atoms with Crippen molar-refractivity contribution in [3.05, 3.63) is 46.8 Å². The van der Waals surface area contributed by atoms with E-state index >= 15 is 0 Å². The molecule has 0 radical (unpaired) electrons. The van der Waals surface area contributed by atoms with E-state index in [-0.39, 0.29) is 17.5 Å². The summed E-state index contributed by atoms with van der Waals surface area (Å²) in [5.74, 6) is -0.773. The zero-order valence-corrected chi connectivity index (χ0v) is 12.6. The van der Waals surface area contributed by atoms with Gasteiger partial charge in [-0.1, -0.05) is 0 Å². The van der Waals surface area contributed by atoms with E-state index in [0.29, 0.717) is 26.3 Å². The highest BCUT2D eigenvalue weighted by Gasteiger charge is 2.33. The fourth-order valence-electron chi connectivity index (χ4n) is 3.33. The molecule has 4 heterocycles. The lowest BCUT2D eigenvalue weighted by molar-refractivity contribution is 0.0779. The number of nitrogens with one attached hydrogen (secondary N) is 1. The first-order valence-electron chi connectivity index (χ1n) is 7.77. The first-order valence-corrected chi connectivity index (χ1v) is 7.77. The summed E-state index contributed by atoms with van der Waals surface area (Å²) < 4.78 is 19.3. The van der Waals surface area contributed by atoms with Gasteiger partial charge in [-0.15, -0.1) is 0 Å². The molecule has 2 aromatic heterocycles. The van der Waals surface area contributed by atoms with Crippen LogP contribution in [-0.4, -0.2) is 45.7 Å². The van der Waals surface area contributed by atoms with Gasteiger partial charge in [0, 0.05) is 42.9 Å². The van der Waals surface area contributed by atoms with Crippen molar-refractivity contribution < 1.29 is 13.9 Å². The Morgan fingerprint density at radius 1 is 1.48 bits per heavy atom. The number of carbonyl (C=O) groups is 1. The third kappa shape index (κ3) is 2.50. The van der Waals surface area contributed by atoms with Gasteiger partial charge in [0.25, 0.3) is 5.91 Å². The Morgan fingerprint density at radius 2 is 2.39 bits per heavy atom. The molecule has 1 unspecified atom stereocenters. The van der Waals surface area contributed by atoms with Crippen molar-refractivity contribution in [2.75, 3.05) is 19.7 Å². The standard InChI is InChI=1S/C16H17FN4O2/c17-12-2-1-5-18-15(12)16(22)21-6-3-10(8-21)14-11-9-23-7-4-13(11)19-20-14/h1-2,5,10H,3-4,6-9H2,(H,19,20). The number of pyridine rings is 1. The Bertz CT molecular complexity index is 745. The van der Waals surface area contributed by atoms with Gasteiger partial charge >= 0.3 is 0 Å². The molecule has 1 saturated heterocycles. The smallest absolute Gasteiger partial charge is 0.275 e. The molecule has 0 saturated carbocycles. The van der Waals surface area contributed by atoms with Gasteiger partial charge < -0.3 is 9.64 Å². The molecule has 1 N–H and O–H groups in total. The minimum atomic E-state index is -0.577. The molecule has 2 aromatic rings. The Hall–Kier alpha value is -2.28. The third-order valence-electron chi connectivity index (χ3n) is 4.55. The predicted molar refractivity (Wildman–Crippen MR) is 79.4 cm³/mol. The van der Waals surface area contributed by atoms with Gasteiger partial charge in [-0.25, -0.2) is 9.37 Å². The van der Waals surface area contributed by atoms with Gasteiger partial charge in [0.05, 0.1) is 18.9 Å². The highest BCUT2D eigenvalue weighted by molar-refractivity contribution is 5.92. The first kappa shape index (κ1) is 14.3. The van der Waals surface area contributed by atoms with Crippen LogP contribution in [0, 0.1) is 5.82 Å². The van der Waals surface area contributed by atoms with Gasteiger partial charge in [0.2, 0.25) is 0 Å². The molecule has 0 aromatic carbocycles. The van der Waals surface area contributed by atoms with Crippen molar-refractivity contribution in [3.63, 3.8) is 0 Å².